The number of rotatable bonds is 2. The number of carbonyl (C=O) groups excluding carboxylic acids is 1. The first-order valence-corrected chi connectivity index (χ1v) is 6.40. The van der Waals surface area contributed by atoms with Gasteiger partial charge in [-0.05, 0) is 36.4 Å². The number of amides is 1. The molecule has 0 spiro atoms. The van der Waals surface area contributed by atoms with E-state index in [4.69, 9.17) is 10.2 Å². The fourth-order valence-electron chi connectivity index (χ4n) is 2.03. The number of carbonyl (C=O) groups is 1. The van der Waals surface area contributed by atoms with Crippen molar-refractivity contribution in [1.82, 2.24) is 0 Å². The number of fused-ring (bicyclic) bond motifs is 1. The smallest absolute Gasteiger partial charge is 0.254 e. The zero-order valence-corrected chi connectivity index (χ0v) is 11.3. The second-order valence-corrected chi connectivity index (χ2v) is 4.64. The van der Waals surface area contributed by atoms with Crippen LogP contribution in [-0.4, -0.2) is 11.0 Å². The van der Waals surface area contributed by atoms with Crippen LogP contribution in [0.25, 0.3) is 11.0 Å². The van der Waals surface area contributed by atoms with Crippen molar-refractivity contribution < 1.29 is 18.7 Å². The highest BCUT2D eigenvalue weighted by molar-refractivity contribution is 5.95. The standard InChI is InChI=1S/C16H11FN2O3/c17-10-2-1-3-11(7-10)19-16-13(15(18)21)6-9-4-5-12(20)8-14(9)22-16/h1-8,20H,(H2,18,21)/b19-16-. The van der Waals surface area contributed by atoms with Crippen LogP contribution in [0.3, 0.4) is 0 Å². The highest BCUT2D eigenvalue weighted by Gasteiger charge is 2.10. The number of nitrogens with zero attached hydrogens (tertiary/aromatic N) is 1. The van der Waals surface area contributed by atoms with Crippen LogP contribution in [0, 0.1) is 5.82 Å². The molecule has 3 aromatic rings. The van der Waals surface area contributed by atoms with Crippen molar-refractivity contribution in [1.29, 1.82) is 0 Å². The fourth-order valence-corrected chi connectivity index (χ4v) is 2.03. The molecule has 0 atom stereocenters. The summed E-state index contributed by atoms with van der Waals surface area (Å²) in [6.45, 7) is 0. The van der Waals surface area contributed by atoms with Gasteiger partial charge in [-0.3, -0.25) is 4.79 Å². The summed E-state index contributed by atoms with van der Waals surface area (Å²) in [5.41, 5.74) is 5.98. The van der Waals surface area contributed by atoms with E-state index < -0.39 is 11.7 Å². The molecule has 6 heteroatoms. The minimum atomic E-state index is -0.714. The van der Waals surface area contributed by atoms with Crippen molar-refractivity contribution in [2.45, 2.75) is 0 Å². The van der Waals surface area contributed by atoms with Gasteiger partial charge in [0.1, 0.15) is 22.7 Å². The highest BCUT2D eigenvalue weighted by Crippen LogP contribution is 2.20. The van der Waals surface area contributed by atoms with Crippen molar-refractivity contribution in [3.63, 3.8) is 0 Å². The lowest BCUT2D eigenvalue weighted by molar-refractivity contribution is 0.0996. The number of benzene rings is 2. The van der Waals surface area contributed by atoms with E-state index in [1.54, 1.807) is 12.1 Å². The molecule has 0 saturated heterocycles. The number of primary amides is 1. The second-order valence-electron chi connectivity index (χ2n) is 4.64. The number of phenolic OH excluding ortho intramolecular Hbond substituents is 1. The Kier molecular flexibility index (Phi) is 3.34. The van der Waals surface area contributed by atoms with Crippen molar-refractivity contribution in [3.05, 3.63) is 65.5 Å². The van der Waals surface area contributed by atoms with E-state index in [1.165, 1.54) is 36.4 Å². The molecule has 110 valence electrons. The Labute approximate surface area is 124 Å². The first-order valence-electron chi connectivity index (χ1n) is 6.40. The van der Waals surface area contributed by atoms with E-state index >= 15 is 0 Å². The number of halogens is 1. The lowest BCUT2D eigenvalue weighted by Crippen LogP contribution is -2.21. The predicted octanol–water partition coefficient (Wildman–Crippen LogP) is 2.61. The Balaban J connectivity index is 2.30. The van der Waals surface area contributed by atoms with Crippen molar-refractivity contribution in [2.24, 2.45) is 10.7 Å². The number of hydrogen-bond acceptors (Lipinski definition) is 4. The summed E-state index contributed by atoms with van der Waals surface area (Å²) in [6, 6.07) is 11.5. The van der Waals surface area contributed by atoms with Gasteiger partial charge in [0.2, 0.25) is 5.55 Å². The highest BCUT2D eigenvalue weighted by atomic mass is 19.1. The monoisotopic (exact) mass is 298 g/mol. The minimum absolute atomic E-state index is 0.0137. The molecular weight excluding hydrogens is 287 g/mol. The van der Waals surface area contributed by atoms with Gasteiger partial charge in [-0.2, -0.15) is 0 Å². The Morgan fingerprint density at radius 3 is 2.73 bits per heavy atom. The van der Waals surface area contributed by atoms with Gasteiger partial charge in [0, 0.05) is 11.5 Å². The molecule has 3 N–H and O–H groups in total. The molecule has 0 saturated carbocycles. The normalized spacial score (nSPS) is 11.8. The lowest BCUT2D eigenvalue weighted by atomic mass is 10.1. The number of hydrogen-bond donors (Lipinski definition) is 2. The molecule has 1 aromatic heterocycles. The molecule has 1 amide bonds. The fraction of sp³-hybridized carbons (Fsp3) is 0. The second kappa shape index (κ2) is 5.33. The Morgan fingerprint density at radius 2 is 2.00 bits per heavy atom. The summed E-state index contributed by atoms with van der Waals surface area (Å²) in [7, 11) is 0. The third-order valence-electron chi connectivity index (χ3n) is 3.04. The van der Waals surface area contributed by atoms with E-state index in [0.29, 0.717) is 11.0 Å². The predicted molar refractivity (Wildman–Crippen MR) is 78.0 cm³/mol. The van der Waals surface area contributed by atoms with Gasteiger partial charge in [-0.15, -0.1) is 0 Å². The van der Waals surface area contributed by atoms with Crippen molar-refractivity contribution in [3.8, 4) is 5.75 Å². The van der Waals surface area contributed by atoms with Crippen LogP contribution in [0.2, 0.25) is 0 Å². The van der Waals surface area contributed by atoms with E-state index in [9.17, 15) is 14.3 Å². The topological polar surface area (TPSA) is 88.8 Å². The summed E-state index contributed by atoms with van der Waals surface area (Å²) < 4.78 is 18.7. The van der Waals surface area contributed by atoms with Gasteiger partial charge in [0.25, 0.3) is 5.91 Å². The summed E-state index contributed by atoms with van der Waals surface area (Å²) in [5, 5.41) is 10.1. The third-order valence-corrected chi connectivity index (χ3v) is 3.04. The van der Waals surface area contributed by atoms with Crippen molar-refractivity contribution >= 4 is 22.6 Å². The quantitative estimate of drug-likeness (QED) is 0.762. The Hall–Kier alpha value is -3.15. The van der Waals surface area contributed by atoms with Gasteiger partial charge >= 0.3 is 0 Å². The van der Waals surface area contributed by atoms with Crippen molar-refractivity contribution in [2.75, 3.05) is 0 Å². The van der Waals surface area contributed by atoms with Gasteiger partial charge in [0.05, 0.1) is 5.69 Å². The number of phenols is 1. The van der Waals surface area contributed by atoms with Gasteiger partial charge in [-0.25, -0.2) is 9.38 Å². The summed E-state index contributed by atoms with van der Waals surface area (Å²) in [5.74, 6) is -1.16. The summed E-state index contributed by atoms with van der Waals surface area (Å²) in [6.07, 6.45) is 0. The van der Waals surface area contributed by atoms with Gasteiger partial charge < -0.3 is 15.3 Å². The molecule has 0 bridgehead atoms. The molecule has 0 unspecified atom stereocenters. The Morgan fingerprint density at radius 1 is 1.18 bits per heavy atom. The zero-order chi connectivity index (χ0) is 15.7. The number of nitrogens with two attached hydrogens (primary N) is 1. The van der Waals surface area contributed by atoms with Crippen LogP contribution in [0.4, 0.5) is 10.1 Å². The molecular formula is C16H11FN2O3. The van der Waals surface area contributed by atoms with E-state index in [1.807, 2.05) is 0 Å². The maximum Gasteiger partial charge on any atom is 0.254 e. The molecule has 5 nitrogen and oxygen atoms in total. The zero-order valence-electron chi connectivity index (χ0n) is 11.3. The first-order chi connectivity index (χ1) is 10.5. The van der Waals surface area contributed by atoms with Gasteiger partial charge in [-0.1, -0.05) is 6.07 Å². The van der Waals surface area contributed by atoms with Crippen LogP contribution in [0.5, 0.6) is 5.75 Å². The van der Waals surface area contributed by atoms with Crippen LogP contribution >= 0.6 is 0 Å². The molecule has 0 aliphatic heterocycles. The maximum atomic E-state index is 13.2. The number of aromatic hydroxyl groups is 1. The molecule has 2 aromatic carbocycles. The van der Waals surface area contributed by atoms with E-state index in [0.717, 1.165) is 0 Å². The molecule has 0 radical (unpaired) electrons. The van der Waals surface area contributed by atoms with Crippen LogP contribution < -0.4 is 11.3 Å². The summed E-state index contributed by atoms with van der Waals surface area (Å²) in [4.78, 5) is 15.7. The first kappa shape index (κ1) is 13.8. The largest absolute Gasteiger partial charge is 0.508 e. The average Bonchev–Trinajstić information content (AvgIpc) is 2.46. The SMILES string of the molecule is NC(=O)c1cc2ccc(O)cc2o/c1=N\c1cccc(F)c1. The van der Waals surface area contributed by atoms with E-state index in [2.05, 4.69) is 4.99 Å². The molecule has 0 aliphatic rings. The van der Waals surface area contributed by atoms with E-state index in [-0.39, 0.29) is 22.6 Å². The van der Waals surface area contributed by atoms with Crippen LogP contribution in [0.15, 0.2) is 57.9 Å². The lowest BCUT2D eigenvalue weighted by Gasteiger charge is -2.02. The molecule has 0 fully saturated rings. The molecule has 1 heterocycles. The molecule has 22 heavy (non-hydrogen) atoms. The summed E-state index contributed by atoms with van der Waals surface area (Å²) >= 11 is 0. The van der Waals surface area contributed by atoms with Gasteiger partial charge in [0.15, 0.2) is 0 Å². The average molecular weight is 298 g/mol. The minimum Gasteiger partial charge on any atom is -0.508 e. The third kappa shape index (κ3) is 2.67. The molecule has 3 rings (SSSR count). The maximum absolute atomic E-state index is 13.2. The van der Waals surface area contributed by atoms with Crippen LogP contribution in [-0.2, 0) is 0 Å². The molecule has 0 aliphatic carbocycles. The van der Waals surface area contributed by atoms with Crippen LogP contribution in [0.1, 0.15) is 10.4 Å². The Bertz CT molecular complexity index is 948.